The number of carboxylic acids is 1. The predicted molar refractivity (Wildman–Crippen MR) is 86.1 cm³/mol. The smallest absolute Gasteiger partial charge is 0.407 e. The van der Waals surface area contributed by atoms with Gasteiger partial charge in [0.05, 0.1) is 18.6 Å². The summed E-state index contributed by atoms with van der Waals surface area (Å²) in [6, 6.07) is 8.91. The van der Waals surface area contributed by atoms with Gasteiger partial charge in [-0.3, -0.25) is 4.79 Å². The fourth-order valence-electron chi connectivity index (χ4n) is 2.16. The Morgan fingerprint density at radius 1 is 1.30 bits per heavy atom. The van der Waals surface area contributed by atoms with E-state index in [0.717, 1.165) is 12.0 Å². The first kappa shape index (κ1) is 18.7. The quantitative estimate of drug-likeness (QED) is 0.574. The number of aliphatic hydroxyl groups excluding tert-OH is 1. The standard InChI is InChI=1S/C17H23NO5/c1-2-11-23-17(22)18-14(12-16(20)21)15(19)10-6-9-13-7-4-3-5-8-13/h2-5,7-8,14-15,19H,1,6,9-12H2,(H,18,22)(H,20,21). The van der Waals surface area contributed by atoms with Crippen LogP contribution in [-0.2, 0) is 16.0 Å². The number of rotatable bonds is 10. The fourth-order valence-corrected chi connectivity index (χ4v) is 2.16. The molecule has 2 unspecified atom stereocenters. The number of hydrogen-bond donors (Lipinski definition) is 3. The predicted octanol–water partition coefficient (Wildman–Crippen LogP) is 2.13. The van der Waals surface area contributed by atoms with Gasteiger partial charge in [0.25, 0.3) is 0 Å². The molecule has 1 amide bonds. The van der Waals surface area contributed by atoms with E-state index in [4.69, 9.17) is 9.84 Å². The first-order valence-electron chi connectivity index (χ1n) is 7.51. The zero-order valence-corrected chi connectivity index (χ0v) is 13.0. The Morgan fingerprint density at radius 2 is 2.00 bits per heavy atom. The van der Waals surface area contributed by atoms with Crippen molar-refractivity contribution in [1.82, 2.24) is 5.32 Å². The Labute approximate surface area is 135 Å². The van der Waals surface area contributed by atoms with Crippen molar-refractivity contribution in [2.45, 2.75) is 37.8 Å². The minimum Gasteiger partial charge on any atom is -0.481 e. The van der Waals surface area contributed by atoms with E-state index in [-0.39, 0.29) is 13.0 Å². The molecule has 6 heteroatoms. The molecule has 0 aromatic heterocycles. The summed E-state index contributed by atoms with van der Waals surface area (Å²) in [6.07, 6.45) is 1.17. The summed E-state index contributed by atoms with van der Waals surface area (Å²) in [5.41, 5.74) is 1.15. The molecule has 6 nitrogen and oxygen atoms in total. The second-order valence-electron chi connectivity index (χ2n) is 5.18. The Morgan fingerprint density at radius 3 is 2.61 bits per heavy atom. The van der Waals surface area contributed by atoms with Gasteiger partial charge in [-0.25, -0.2) is 4.79 Å². The van der Waals surface area contributed by atoms with Gasteiger partial charge in [-0.05, 0) is 24.8 Å². The number of nitrogens with one attached hydrogen (secondary N) is 1. The zero-order valence-electron chi connectivity index (χ0n) is 13.0. The molecule has 1 aromatic rings. The van der Waals surface area contributed by atoms with Crippen LogP contribution in [0, 0.1) is 0 Å². The summed E-state index contributed by atoms with van der Waals surface area (Å²) in [6.45, 7) is 3.44. The third kappa shape index (κ3) is 8.01. The molecule has 0 aliphatic rings. The Kier molecular flexibility index (Phi) is 8.46. The van der Waals surface area contributed by atoms with Crippen LogP contribution in [0.25, 0.3) is 0 Å². The van der Waals surface area contributed by atoms with Gasteiger partial charge in [0.2, 0.25) is 0 Å². The van der Waals surface area contributed by atoms with Crippen LogP contribution in [0.5, 0.6) is 0 Å². The van der Waals surface area contributed by atoms with Crippen LogP contribution in [0.2, 0.25) is 0 Å². The number of carbonyl (C=O) groups is 2. The van der Waals surface area contributed by atoms with Crippen molar-refractivity contribution < 1.29 is 24.5 Å². The molecular formula is C17H23NO5. The molecule has 2 atom stereocenters. The molecule has 0 bridgehead atoms. The van der Waals surface area contributed by atoms with Crippen molar-refractivity contribution in [3.05, 3.63) is 48.6 Å². The second kappa shape index (κ2) is 10.4. The Bertz CT molecular complexity index is 503. The highest BCUT2D eigenvalue weighted by Gasteiger charge is 2.24. The molecule has 0 spiro atoms. The van der Waals surface area contributed by atoms with Crippen molar-refractivity contribution in [2.24, 2.45) is 0 Å². The van der Waals surface area contributed by atoms with Crippen molar-refractivity contribution in [1.29, 1.82) is 0 Å². The van der Waals surface area contributed by atoms with Crippen molar-refractivity contribution >= 4 is 12.1 Å². The molecule has 1 rings (SSSR count). The number of hydrogen-bond acceptors (Lipinski definition) is 4. The lowest BCUT2D eigenvalue weighted by Gasteiger charge is -2.22. The molecule has 3 N–H and O–H groups in total. The van der Waals surface area contributed by atoms with Gasteiger partial charge < -0.3 is 20.3 Å². The average Bonchev–Trinajstić information content (AvgIpc) is 2.52. The highest BCUT2D eigenvalue weighted by atomic mass is 16.5. The summed E-state index contributed by atoms with van der Waals surface area (Å²) in [5, 5.41) is 21.5. The third-order valence-corrected chi connectivity index (χ3v) is 3.30. The topological polar surface area (TPSA) is 95.9 Å². The molecule has 0 radical (unpaired) electrons. The number of carboxylic acid groups (broad SMARTS) is 1. The van der Waals surface area contributed by atoms with E-state index in [9.17, 15) is 14.7 Å². The van der Waals surface area contributed by atoms with Crippen molar-refractivity contribution in [3.63, 3.8) is 0 Å². The number of aliphatic carboxylic acids is 1. The highest BCUT2D eigenvalue weighted by molar-refractivity contribution is 5.71. The number of alkyl carbamates (subject to hydrolysis) is 1. The SMILES string of the molecule is C=CCOC(=O)NC(CC(=O)O)C(O)CCCc1ccccc1. The maximum Gasteiger partial charge on any atom is 0.407 e. The van der Waals surface area contributed by atoms with Gasteiger partial charge in [0.15, 0.2) is 0 Å². The third-order valence-electron chi connectivity index (χ3n) is 3.30. The molecule has 0 fully saturated rings. The van der Waals surface area contributed by atoms with Gasteiger partial charge in [-0.15, -0.1) is 0 Å². The van der Waals surface area contributed by atoms with Crippen LogP contribution in [0.15, 0.2) is 43.0 Å². The van der Waals surface area contributed by atoms with Gasteiger partial charge in [-0.2, -0.15) is 0 Å². The summed E-state index contributed by atoms with van der Waals surface area (Å²) >= 11 is 0. The molecule has 0 heterocycles. The van der Waals surface area contributed by atoms with E-state index in [1.54, 1.807) is 0 Å². The summed E-state index contributed by atoms with van der Waals surface area (Å²) in [7, 11) is 0. The van der Waals surface area contributed by atoms with E-state index in [1.807, 2.05) is 30.3 Å². The first-order chi connectivity index (χ1) is 11.0. The minimum atomic E-state index is -1.10. The molecular weight excluding hydrogens is 298 g/mol. The van der Waals surface area contributed by atoms with Crippen LogP contribution in [0.1, 0.15) is 24.8 Å². The van der Waals surface area contributed by atoms with Crippen LogP contribution < -0.4 is 5.32 Å². The van der Waals surface area contributed by atoms with E-state index in [1.165, 1.54) is 6.08 Å². The maximum absolute atomic E-state index is 11.5. The van der Waals surface area contributed by atoms with Gasteiger partial charge >= 0.3 is 12.1 Å². The number of carbonyl (C=O) groups excluding carboxylic acids is 1. The molecule has 126 valence electrons. The molecule has 23 heavy (non-hydrogen) atoms. The van der Waals surface area contributed by atoms with Crippen LogP contribution >= 0.6 is 0 Å². The second-order valence-corrected chi connectivity index (χ2v) is 5.18. The van der Waals surface area contributed by atoms with Gasteiger partial charge in [0, 0.05) is 0 Å². The zero-order chi connectivity index (χ0) is 17.1. The number of aryl methyl sites for hydroxylation is 1. The van der Waals surface area contributed by atoms with E-state index >= 15 is 0 Å². The maximum atomic E-state index is 11.5. The number of ether oxygens (including phenoxy) is 1. The normalized spacial score (nSPS) is 12.9. The molecule has 0 saturated heterocycles. The molecule has 1 aromatic carbocycles. The van der Waals surface area contributed by atoms with Crippen LogP contribution in [0.3, 0.4) is 0 Å². The van der Waals surface area contributed by atoms with E-state index < -0.39 is 24.2 Å². The lowest BCUT2D eigenvalue weighted by molar-refractivity contribution is -0.138. The van der Waals surface area contributed by atoms with Gasteiger partial charge in [-0.1, -0.05) is 43.0 Å². The lowest BCUT2D eigenvalue weighted by Crippen LogP contribution is -2.45. The van der Waals surface area contributed by atoms with Gasteiger partial charge in [0.1, 0.15) is 6.61 Å². The first-order valence-corrected chi connectivity index (χ1v) is 7.51. The van der Waals surface area contributed by atoms with Crippen molar-refractivity contribution in [2.75, 3.05) is 6.61 Å². The number of aliphatic hydroxyl groups is 1. The fraction of sp³-hybridized carbons (Fsp3) is 0.412. The summed E-state index contributed by atoms with van der Waals surface area (Å²) in [5.74, 6) is -1.10. The number of benzene rings is 1. The molecule has 0 saturated carbocycles. The average molecular weight is 321 g/mol. The molecule has 0 aliphatic carbocycles. The monoisotopic (exact) mass is 321 g/mol. The number of amides is 1. The summed E-state index contributed by atoms with van der Waals surface area (Å²) < 4.78 is 4.76. The Balaban J connectivity index is 2.47. The molecule has 0 aliphatic heterocycles. The van der Waals surface area contributed by atoms with E-state index in [2.05, 4.69) is 11.9 Å². The largest absolute Gasteiger partial charge is 0.481 e. The highest BCUT2D eigenvalue weighted by Crippen LogP contribution is 2.11. The lowest BCUT2D eigenvalue weighted by atomic mass is 10.00. The van der Waals surface area contributed by atoms with Crippen LogP contribution in [0.4, 0.5) is 4.79 Å². The summed E-state index contributed by atoms with van der Waals surface area (Å²) in [4.78, 5) is 22.4. The van der Waals surface area contributed by atoms with Crippen LogP contribution in [-0.4, -0.2) is 41.0 Å². The Hall–Kier alpha value is -2.34. The van der Waals surface area contributed by atoms with Crippen molar-refractivity contribution in [3.8, 4) is 0 Å². The minimum absolute atomic E-state index is 0.0235. The van der Waals surface area contributed by atoms with E-state index in [0.29, 0.717) is 12.8 Å².